The Kier molecular flexibility index (Phi) is 6.07. The Bertz CT molecular complexity index is 1290. The second-order valence-corrected chi connectivity index (χ2v) is 9.62. The smallest absolute Gasteiger partial charge is 0.335 e. The first-order valence-electron chi connectivity index (χ1n) is 12.1. The number of rotatable bonds is 5. The molecule has 36 heavy (non-hydrogen) atoms. The monoisotopic (exact) mass is 490 g/mol. The number of carbonyl (C=O) groups is 5. The standard InChI is InChI=1S/C27H26N2O7/c30-23(18-7-3-4-8-20(18)27(35)36)28-12-11-15-5-1-2-6-17(15)22(28)14-29-24(31)19-10-9-16(26(33)34)13-21(19)25(29)32/h1-2,5-6,9-10,13,18,20,22H,3-4,7-8,11-12,14H2,(H,33,34)(H,35,36). The number of imide groups is 1. The Morgan fingerprint density at radius 3 is 2.31 bits per heavy atom. The summed E-state index contributed by atoms with van der Waals surface area (Å²) in [6.07, 6.45) is 3.07. The molecule has 2 aromatic rings. The third-order valence-electron chi connectivity index (χ3n) is 7.67. The van der Waals surface area contributed by atoms with Crippen molar-refractivity contribution in [2.75, 3.05) is 13.1 Å². The van der Waals surface area contributed by atoms with Gasteiger partial charge in [0, 0.05) is 6.54 Å². The average molecular weight is 491 g/mol. The number of hydrogen-bond donors (Lipinski definition) is 2. The third-order valence-corrected chi connectivity index (χ3v) is 7.67. The van der Waals surface area contributed by atoms with E-state index in [9.17, 15) is 34.2 Å². The lowest BCUT2D eigenvalue weighted by Crippen LogP contribution is -2.50. The molecule has 3 atom stereocenters. The van der Waals surface area contributed by atoms with Gasteiger partial charge in [0.2, 0.25) is 5.91 Å². The molecule has 0 spiro atoms. The SMILES string of the molecule is O=C(O)c1ccc2c(c1)C(=O)N(CC1c3ccccc3CCN1C(=O)C1CCCCC1C(=O)O)C2=O. The minimum absolute atomic E-state index is 0.0279. The fraction of sp³-hybridized carbons (Fsp3) is 0.370. The number of nitrogens with zero attached hydrogens (tertiary/aromatic N) is 2. The van der Waals surface area contributed by atoms with E-state index in [1.54, 1.807) is 4.90 Å². The van der Waals surface area contributed by atoms with E-state index in [0.717, 1.165) is 28.9 Å². The Morgan fingerprint density at radius 1 is 0.889 bits per heavy atom. The molecule has 0 bridgehead atoms. The van der Waals surface area contributed by atoms with Crippen LogP contribution in [-0.2, 0) is 16.0 Å². The van der Waals surface area contributed by atoms with E-state index in [0.29, 0.717) is 25.8 Å². The summed E-state index contributed by atoms with van der Waals surface area (Å²) in [4.78, 5) is 66.1. The van der Waals surface area contributed by atoms with Crippen LogP contribution in [0.1, 0.15) is 73.9 Å². The van der Waals surface area contributed by atoms with Crippen LogP contribution in [-0.4, -0.2) is 62.8 Å². The highest BCUT2D eigenvalue weighted by Gasteiger charge is 2.44. The molecule has 3 aliphatic rings. The van der Waals surface area contributed by atoms with Gasteiger partial charge in [-0.3, -0.25) is 24.1 Å². The molecule has 9 heteroatoms. The van der Waals surface area contributed by atoms with Gasteiger partial charge in [-0.2, -0.15) is 0 Å². The second kappa shape index (κ2) is 9.22. The Labute approximate surface area is 207 Å². The Morgan fingerprint density at radius 2 is 1.58 bits per heavy atom. The number of aliphatic carboxylic acids is 1. The van der Waals surface area contributed by atoms with Crippen molar-refractivity contribution in [2.45, 2.75) is 38.1 Å². The lowest BCUT2D eigenvalue weighted by molar-refractivity contribution is -0.153. The zero-order valence-corrected chi connectivity index (χ0v) is 19.6. The molecule has 0 saturated heterocycles. The number of carboxylic acid groups (broad SMARTS) is 2. The number of carbonyl (C=O) groups excluding carboxylic acids is 3. The average Bonchev–Trinajstić information content (AvgIpc) is 3.12. The molecule has 5 rings (SSSR count). The van der Waals surface area contributed by atoms with Gasteiger partial charge in [0.1, 0.15) is 0 Å². The molecule has 1 aliphatic carbocycles. The number of fused-ring (bicyclic) bond motifs is 2. The van der Waals surface area contributed by atoms with Crippen molar-refractivity contribution in [3.8, 4) is 0 Å². The van der Waals surface area contributed by atoms with Gasteiger partial charge in [0.15, 0.2) is 0 Å². The number of aromatic carboxylic acids is 1. The zero-order chi connectivity index (χ0) is 25.6. The molecule has 2 aromatic carbocycles. The minimum Gasteiger partial charge on any atom is -0.481 e. The van der Waals surface area contributed by atoms with E-state index in [1.807, 2.05) is 24.3 Å². The van der Waals surface area contributed by atoms with Crippen molar-refractivity contribution in [2.24, 2.45) is 11.8 Å². The van der Waals surface area contributed by atoms with Crippen molar-refractivity contribution in [1.29, 1.82) is 0 Å². The molecule has 3 amide bonds. The lowest BCUT2D eigenvalue weighted by Gasteiger charge is -2.42. The van der Waals surface area contributed by atoms with Crippen molar-refractivity contribution in [3.63, 3.8) is 0 Å². The predicted molar refractivity (Wildman–Crippen MR) is 126 cm³/mol. The van der Waals surface area contributed by atoms with Crippen LogP contribution in [0.15, 0.2) is 42.5 Å². The molecule has 2 aliphatic heterocycles. The Balaban J connectivity index is 1.48. The quantitative estimate of drug-likeness (QED) is 0.616. The van der Waals surface area contributed by atoms with E-state index >= 15 is 0 Å². The molecule has 2 N–H and O–H groups in total. The first-order valence-corrected chi connectivity index (χ1v) is 12.1. The lowest BCUT2D eigenvalue weighted by atomic mass is 9.77. The highest BCUT2D eigenvalue weighted by molar-refractivity contribution is 6.22. The maximum absolute atomic E-state index is 13.8. The van der Waals surface area contributed by atoms with Gasteiger partial charge in [-0.15, -0.1) is 0 Å². The summed E-state index contributed by atoms with van der Waals surface area (Å²) in [7, 11) is 0. The van der Waals surface area contributed by atoms with Gasteiger partial charge in [-0.05, 0) is 48.6 Å². The van der Waals surface area contributed by atoms with Crippen molar-refractivity contribution >= 4 is 29.7 Å². The summed E-state index contributed by atoms with van der Waals surface area (Å²) in [5, 5.41) is 19.0. The normalized spacial score (nSPS) is 23.3. The van der Waals surface area contributed by atoms with Crippen molar-refractivity contribution < 1.29 is 34.2 Å². The first kappa shape index (κ1) is 23.7. The summed E-state index contributed by atoms with van der Waals surface area (Å²) in [5.74, 6) is -4.97. The molecule has 1 fully saturated rings. The highest BCUT2D eigenvalue weighted by atomic mass is 16.4. The van der Waals surface area contributed by atoms with Crippen LogP contribution < -0.4 is 0 Å². The van der Waals surface area contributed by atoms with Gasteiger partial charge in [-0.1, -0.05) is 37.1 Å². The van der Waals surface area contributed by atoms with Crippen LogP contribution in [0.4, 0.5) is 0 Å². The van der Waals surface area contributed by atoms with Gasteiger partial charge < -0.3 is 15.1 Å². The fourth-order valence-corrected chi connectivity index (χ4v) is 5.81. The minimum atomic E-state index is -1.20. The Hall–Kier alpha value is -4.01. The summed E-state index contributed by atoms with van der Waals surface area (Å²) < 4.78 is 0. The van der Waals surface area contributed by atoms with Crippen LogP contribution >= 0.6 is 0 Å². The maximum Gasteiger partial charge on any atom is 0.335 e. The molecular formula is C27H26N2O7. The second-order valence-electron chi connectivity index (χ2n) is 9.62. The predicted octanol–water partition coefficient (Wildman–Crippen LogP) is 3.00. The van der Waals surface area contributed by atoms with E-state index in [4.69, 9.17) is 0 Å². The summed E-state index contributed by atoms with van der Waals surface area (Å²) in [5.41, 5.74) is 1.90. The molecular weight excluding hydrogens is 464 g/mol. The summed E-state index contributed by atoms with van der Waals surface area (Å²) in [6.45, 7) is 0.262. The van der Waals surface area contributed by atoms with Gasteiger partial charge in [-0.25, -0.2) is 4.79 Å². The van der Waals surface area contributed by atoms with Crippen molar-refractivity contribution in [1.82, 2.24) is 9.80 Å². The molecule has 0 radical (unpaired) electrons. The first-order chi connectivity index (χ1) is 17.3. The van der Waals surface area contributed by atoms with E-state index in [-0.39, 0.29) is 29.1 Å². The van der Waals surface area contributed by atoms with Crippen LogP contribution in [0.5, 0.6) is 0 Å². The maximum atomic E-state index is 13.8. The van der Waals surface area contributed by atoms with Gasteiger partial charge in [0.25, 0.3) is 11.8 Å². The van der Waals surface area contributed by atoms with Crippen LogP contribution in [0.2, 0.25) is 0 Å². The van der Waals surface area contributed by atoms with Gasteiger partial charge >= 0.3 is 11.9 Å². The molecule has 2 heterocycles. The zero-order valence-electron chi connectivity index (χ0n) is 19.6. The van der Waals surface area contributed by atoms with E-state index in [2.05, 4.69) is 0 Å². The molecule has 1 saturated carbocycles. The summed E-state index contributed by atoms with van der Waals surface area (Å²) >= 11 is 0. The van der Waals surface area contributed by atoms with Gasteiger partial charge in [0.05, 0.1) is 41.1 Å². The molecule has 186 valence electrons. The van der Waals surface area contributed by atoms with Crippen LogP contribution in [0.25, 0.3) is 0 Å². The fourth-order valence-electron chi connectivity index (χ4n) is 5.81. The molecule has 9 nitrogen and oxygen atoms in total. The van der Waals surface area contributed by atoms with Crippen LogP contribution in [0.3, 0.4) is 0 Å². The molecule has 0 aromatic heterocycles. The summed E-state index contributed by atoms with van der Waals surface area (Å²) in [6, 6.07) is 10.8. The topological polar surface area (TPSA) is 132 Å². The third kappa shape index (κ3) is 3.94. The molecule has 3 unspecified atom stereocenters. The van der Waals surface area contributed by atoms with E-state index < -0.39 is 41.6 Å². The number of hydrogen-bond acceptors (Lipinski definition) is 5. The van der Waals surface area contributed by atoms with E-state index in [1.165, 1.54) is 18.2 Å². The number of carboxylic acids is 2. The number of amides is 3. The van der Waals surface area contributed by atoms with Crippen LogP contribution in [0, 0.1) is 11.8 Å². The van der Waals surface area contributed by atoms with Crippen molar-refractivity contribution in [3.05, 3.63) is 70.3 Å². The largest absolute Gasteiger partial charge is 0.481 e. The highest BCUT2D eigenvalue weighted by Crippen LogP contribution is 2.38. The number of benzene rings is 2.